The van der Waals surface area contributed by atoms with Gasteiger partial charge in [0, 0.05) is 32.6 Å². The molecular weight excluding hydrogens is 490 g/mol. The molecule has 0 unspecified atom stereocenters. The summed E-state index contributed by atoms with van der Waals surface area (Å²) in [6.45, 7) is 3.65. The van der Waals surface area contributed by atoms with Crippen LogP contribution in [-0.2, 0) is 6.18 Å². The van der Waals surface area contributed by atoms with Crippen molar-refractivity contribution in [3.05, 3.63) is 89.2 Å². The number of likely N-dealkylation sites (tertiary alicyclic amines) is 1. The van der Waals surface area contributed by atoms with Gasteiger partial charge in [-0.15, -0.1) is 11.3 Å². The quantitative estimate of drug-likeness (QED) is 0.190. The molecule has 8 heteroatoms. The molecule has 0 amide bonds. The zero-order chi connectivity index (χ0) is 25.3. The van der Waals surface area contributed by atoms with Gasteiger partial charge in [0.05, 0.1) is 5.56 Å². The lowest BCUT2D eigenvalue weighted by Gasteiger charge is -2.15. The number of nitrogens with zero attached hydrogens (tertiary/aromatic N) is 1. The lowest BCUT2D eigenvalue weighted by Crippen LogP contribution is -2.25. The molecule has 1 fully saturated rings. The van der Waals surface area contributed by atoms with Crippen LogP contribution >= 0.6 is 11.3 Å². The van der Waals surface area contributed by atoms with E-state index in [1.54, 1.807) is 12.1 Å². The number of hydrogen-bond acceptors (Lipinski definition) is 4. The second-order valence-corrected chi connectivity index (χ2v) is 9.80. The Morgan fingerprint density at radius 2 is 1.69 bits per heavy atom. The average molecular weight is 514 g/mol. The third kappa shape index (κ3) is 5.01. The van der Waals surface area contributed by atoms with Crippen molar-refractivity contribution in [3.8, 4) is 16.2 Å². The van der Waals surface area contributed by atoms with Gasteiger partial charge in [-0.05, 0) is 80.0 Å². The summed E-state index contributed by atoms with van der Waals surface area (Å²) >= 11 is 1.39. The number of hydrogen-bond donors (Lipinski definition) is 0. The number of halogens is 4. The Morgan fingerprint density at radius 3 is 2.42 bits per heavy atom. The van der Waals surface area contributed by atoms with E-state index < -0.39 is 23.3 Å². The van der Waals surface area contributed by atoms with Gasteiger partial charge in [-0.25, -0.2) is 4.39 Å². The molecule has 0 radical (unpaired) electrons. The molecular formula is C28H23F4NO2S. The number of alkyl halides is 3. The van der Waals surface area contributed by atoms with Crippen LogP contribution in [0.5, 0.6) is 5.75 Å². The zero-order valence-electron chi connectivity index (χ0n) is 19.3. The monoisotopic (exact) mass is 513 g/mol. The number of ether oxygens (including phenoxy) is 1. The van der Waals surface area contributed by atoms with Crippen LogP contribution in [0.15, 0.2) is 66.7 Å². The highest BCUT2D eigenvalue weighted by atomic mass is 32.1. The second-order valence-electron chi connectivity index (χ2n) is 8.75. The molecule has 0 saturated carbocycles. The molecule has 0 N–H and O–H groups in total. The zero-order valence-corrected chi connectivity index (χ0v) is 20.1. The Kier molecular flexibility index (Phi) is 6.81. The minimum atomic E-state index is -4.90. The first kappa shape index (κ1) is 24.5. The predicted molar refractivity (Wildman–Crippen MR) is 133 cm³/mol. The number of ketones is 1. The van der Waals surface area contributed by atoms with Crippen LogP contribution < -0.4 is 4.74 Å². The first-order chi connectivity index (χ1) is 17.3. The van der Waals surface area contributed by atoms with Crippen molar-refractivity contribution >= 4 is 27.2 Å². The molecule has 1 aromatic heterocycles. The maximum atomic E-state index is 13.8. The smallest absolute Gasteiger partial charge is 0.419 e. The Balaban J connectivity index is 1.46. The third-order valence-electron chi connectivity index (χ3n) is 6.35. The van der Waals surface area contributed by atoms with Gasteiger partial charge in [-0.3, -0.25) is 9.69 Å². The highest BCUT2D eigenvalue weighted by molar-refractivity contribution is 7.22. The van der Waals surface area contributed by atoms with Crippen LogP contribution in [0.3, 0.4) is 0 Å². The second kappa shape index (κ2) is 10.0. The van der Waals surface area contributed by atoms with Crippen LogP contribution in [0.4, 0.5) is 17.6 Å². The molecule has 0 atom stereocenters. The third-order valence-corrected chi connectivity index (χ3v) is 7.57. The molecule has 5 rings (SSSR count). The summed E-state index contributed by atoms with van der Waals surface area (Å²) < 4.78 is 60.4. The van der Waals surface area contributed by atoms with Gasteiger partial charge in [-0.2, -0.15) is 13.2 Å². The van der Waals surface area contributed by atoms with Crippen LogP contribution in [0.25, 0.3) is 20.5 Å². The van der Waals surface area contributed by atoms with Crippen molar-refractivity contribution in [2.24, 2.45) is 0 Å². The van der Waals surface area contributed by atoms with Gasteiger partial charge in [0.25, 0.3) is 0 Å². The molecule has 3 nitrogen and oxygen atoms in total. The molecule has 1 aliphatic rings. The number of fused-ring (bicyclic) bond motifs is 1. The summed E-state index contributed by atoms with van der Waals surface area (Å²) in [4.78, 5) is 16.5. The summed E-state index contributed by atoms with van der Waals surface area (Å²) in [6, 6.07) is 17.0. The molecule has 186 valence electrons. The van der Waals surface area contributed by atoms with Crippen LogP contribution in [0, 0.1) is 5.82 Å². The summed E-state index contributed by atoms with van der Waals surface area (Å²) in [5.74, 6) is -1.28. The van der Waals surface area contributed by atoms with Gasteiger partial charge in [0.1, 0.15) is 18.2 Å². The Hall–Kier alpha value is -3.23. The lowest BCUT2D eigenvalue weighted by molar-refractivity contribution is -0.140. The molecule has 4 aromatic rings. The Bertz CT molecular complexity index is 1390. The van der Waals surface area contributed by atoms with Gasteiger partial charge in [0.15, 0.2) is 5.78 Å². The minimum absolute atomic E-state index is 0.213. The fourth-order valence-corrected chi connectivity index (χ4v) is 5.71. The highest BCUT2D eigenvalue weighted by Crippen LogP contribution is 2.41. The largest absolute Gasteiger partial charge is 0.492 e. The van der Waals surface area contributed by atoms with Crippen molar-refractivity contribution in [1.82, 2.24) is 4.90 Å². The minimum Gasteiger partial charge on any atom is -0.492 e. The van der Waals surface area contributed by atoms with E-state index in [1.807, 2.05) is 36.4 Å². The van der Waals surface area contributed by atoms with E-state index in [-0.39, 0.29) is 5.56 Å². The molecule has 36 heavy (non-hydrogen) atoms. The first-order valence-electron chi connectivity index (χ1n) is 11.7. The lowest BCUT2D eigenvalue weighted by atomic mass is 9.96. The van der Waals surface area contributed by atoms with Gasteiger partial charge in [0.2, 0.25) is 0 Å². The molecule has 2 heterocycles. The number of benzene rings is 3. The molecule has 1 saturated heterocycles. The van der Waals surface area contributed by atoms with Gasteiger partial charge >= 0.3 is 6.18 Å². The molecule has 3 aromatic carbocycles. The fourth-order valence-electron chi connectivity index (χ4n) is 4.50. The van der Waals surface area contributed by atoms with Crippen LogP contribution in [-0.4, -0.2) is 36.9 Å². The van der Waals surface area contributed by atoms with Crippen molar-refractivity contribution in [3.63, 3.8) is 0 Å². The van der Waals surface area contributed by atoms with E-state index in [1.165, 1.54) is 24.2 Å². The number of rotatable bonds is 7. The van der Waals surface area contributed by atoms with E-state index >= 15 is 0 Å². The summed E-state index contributed by atoms with van der Waals surface area (Å²) in [5.41, 5.74) is -0.608. The van der Waals surface area contributed by atoms with Crippen molar-refractivity contribution < 1.29 is 27.1 Å². The Morgan fingerprint density at radius 1 is 0.972 bits per heavy atom. The first-order valence-corrected chi connectivity index (χ1v) is 12.5. The standard InChI is InChI=1S/C28H23F4NO2S/c29-23-12-9-19(17-22(23)28(30,31)32)26(34)25-21-5-1-2-6-24(21)36-27(25)18-7-10-20(11-8-18)35-16-15-33-13-3-4-14-33/h1-2,5-12,17H,3-4,13-16H2. The number of thiophene rings is 1. The summed E-state index contributed by atoms with van der Waals surface area (Å²) in [7, 11) is 0. The Labute approximate surface area is 209 Å². The van der Waals surface area contributed by atoms with E-state index in [0.29, 0.717) is 40.3 Å². The normalized spacial score (nSPS) is 14.4. The van der Waals surface area contributed by atoms with E-state index in [0.717, 1.165) is 36.0 Å². The summed E-state index contributed by atoms with van der Waals surface area (Å²) in [5, 5.41) is 0.645. The van der Waals surface area contributed by atoms with Crippen molar-refractivity contribution in [2.75, 3.05) is 26.2 Å². The van der Waals surface area contributed by atoms with Crippen LogP contribution in [0.1, 0.15) is 34.3 Å². The van der Waals surface area contributed by atoms with Crippen molar-refractivity contribution in [2.45, 2.75) is 19.0 Å². The summed E-state index contributed by atoms with van der Waals surface area (Å²) in [6.07, 6.45) is -2.45. The number of carbonyl (C=O) groups excluding carboxylic acids is 1. The average Bonchev–Trinajstić information content (AvgIpc) is 3.51. The molecule has 0 bridgehead atoms. The van der Waals surface area contributed by atoms with Crippen molar-refractivity contribution in [1.29, 1.82) is 0 Å². The number of carbonyl (C=O) groups is 1. The van der Waals surface area contributed by atoms with Gasteiger partial charge < -0.3 is 4.74 Å². The SMILES string of the molecule is O=C(c1ccc(F)c(C(F)(F)F)c1)c1c(-c2ccc(OCCN3CCCC3)cc2)sc2ccccc12. The van der Waals surface area contributed by atoms with E-state index in [4.69, 9.17) is 4.74 Å². The molecule has 1 aliphatic heterocycles. The van der Waals surface area contributed by atoms with E-state index in [2.05, 4.69) is 4.90 Å². The topological polar surface area (TPSA) is 29.5 Å². The molecule has 0 spiro atoms. The highest BCUT2D eigenvalue weighted by Gasteiger charge is 2.35. The fraction of sp³-hybridized carbons (Fsp3) is 0.250. The molecule has 0 aliphatic carbocycles. The maximum absolute atomic E-state index is 13.8. The maximum Gasteiger partial charge on any atom is 0.419 e. The van der Waals surface area contributed by atoms with E-state index in [9.17, 15) is 22.4 Å². The van der Waals surface area contributed by atoms with Gasteiger partial charge in [-0.1, -0.05) is 18.2 Å². The predicted octanol–water partition coefficient (Wildman–Crippen LogP) is 7.43. The van der Waals surface area contributed by atoms with Crippen LogP contribution in [0.2, 0.25) is 0 Å².